The molecule has 108 valence electrons. The second kappa shape index (κ2) is 5.35. The zero-order valence-corrected chi connectivity index (χ0v) is 11.0. The standard InChI is InChI=1S/C8H8F3NO5S2/c1-2-16-7(13)5-6(19(12,14)15)4(3-18-5)17-8(9,10)11/h3H,2H2,1H3,(H2,12,14,15). The lowest BCUT2D eigenvalue weighted by molar-refractivity contribution is -0.275. The number of thiophene rings is 1. The van der Waals surface area contributed by atoms with Gasteiger partial charge >= 0.3 is 12.3 Å². The first kappa shape index (κ1) is 15.7. The summed E-state index contributed by atoms with van der Waals surface area (Å²) in [6.45, 7) is 1.38. The third-order valence-electron chi connectivity index (χ3n) is 1.68. The van der Waals surface area contributed by atoms with Gasteiger partial charge in [0.1, 0.15) is 9.77 Å². The van der Waals surface area contributed by atoms with Crippen LogP contribution in [0.1, 0.15) is 16.6 Å². The molecule has 1 heterocycles. The highest BCUT2D eigenvalue weighted by Crippen LogP contribution is 2.36. The summed E-state index contributed by atoms with van der Waals surface area (Å²) in [6, 6.07) is 0. The third-order valence-corrected chi connectivity index (χ3v) is 3.73. The Hall–Kier alpha value is -1.33. The highest BCUT2D eigenvalue weighted by atomic mass is 32.2. The van der Waals surface area contributed by atoms with E-state index in [4.69, 9.17) is 5.14 Å². The number of hydrogen-bond acceptors (Lipinski definition) is 6. The van der Waals surface area contributed by atoms with Crippen LogP contribution in [0.25, 0.3) is 0 Å². The molecule has 0 atom stereocenters. The van der Waals surface area contributed by atoms with E-state index < -0.39 is 37.9 Å². The zero-order valence-electron chi connectivity index (χ0n) is 9.35. The largest absolute Gasteiger partial charge is 0.573 e. The van der Waals surface area contributed by atoms with Crippen molar-refractivity contribution in [1.82, 2.24) is 0 Å². The molecule has 6 nitrogen and oxygen atoms in total. The molecule has 0 radical (unpaired) electrons. The third kappa shape index (κ3) is 4.08. The van der Waals surface area contributed by atoms with Gasteiger partial charge in [-0.2, -0.15) is 0 Å². The second-order valence-corrected chi connectivity index (χ2v) is 5.45. The first-order valence-electron chi connectivity index (χ1n) is 4.63. The van der Waals surface area contributed by atoms with E-state index >= 15 is 0 Å². The number of esters is 1. The van der Waals surface area contributed by atoms with Crippen LogP contribution in [0.2, 0.25) is 0 Å². The van der Waals surface area contributed by atoms with Gasteiger partial charge in [-0.25, -0.2) is 18.4 Å². The highest BCUT2D eigenvalue weighted by Gasteiger charge is 2.37. The van der Waals surface area contributed by atoms with E-state index in [0.29, 0.717) is 11.3 Å². The average molecular weight is 319 g/mol. The fourth-order valence-electron chi connectivity index (χ4n) is 1.13. The summed E-state index contributed by atoms with van der Waals surface area (Å²) in [5, 5.41) is 5.50. The van der Waals surface area contributed by atoms with Gasteiger partial charge in [-0.15, -0.1) is 24.5 Å². The maximum absolute atomic E-state index is 12.1. The molecule has 0 saturated heterocycles. The van der Waals surface area contributed by atoms with E-state index in [1.54, 1.807) is 0 Å². The van der Waals surface area contributed by atoms with Crippen LogP contribution in [0.15, 0.2) is 10.3 Å². The molecule has 0 fully saturated rings. The normalized spacial score (nSPS) is 12.3. The molecule has 0 saturated carbocycles. The van der Waals surface area contributed by atoms with E-state index in [-0.39, 0.29) is 6.61 Å². The topological polar surface area (TPSA) is 95.7 Å². The van der Waals surface area contributed by atoms with Gasteiger partial charge in [-0.05, 0) is 6.92 Å². The van der Waals surface area contributed by atoms with Gasteiger partial charge in [0.15, 0.2) is 5.75 Å². The van der Waals surface area contributed by atoms with Crippen LogP contribution < -0.4 is 9.88 Å². The molecule has 0 unspecified atom stereocenters. The smallest absolute Gasteiger partial charge is 0.462 e. The lowest BCUT2D eigenvalue weighted by Gasteiger charge is -2.09. The molecule has 0 spiro atoms. The SMILES string of the molecule is CCOC(=O)c1scc(OC(F)(F)F)c1S(N)(=O)=O. The van der Waals surface area contributed by atoms with Gasteiger partial charge < -0.3 is 9.47 Å². The van der Waals surface area contributed by atoms with Gasteiger partial charge in [0.2, 0.25) is 10.0 Å². The molecule has 0 aromatic carbocycles. The van der Waals surface area contributed by atoms with Crippen LogP contribution in [0, 0.1) is 0 Å². The quantitative estimate of drug-likeness (QED) is 0.848. The number of primary sulfonamides is 1. The lowest BCUT2D eigenvalue weighted by Crippen LogP contribution is -2.21. The zero-order chi connectivity index (χ0) is 14.8. The maximum atomic E-state index is 12.1. The van der Waals surface area contributed by atoms with Crippen molar-refractivity contribution in [3.63, 3.8) is 0 Å². The molecular formula is C8H8F3NO5S2. The van der Waals surface area contributed by atoms with E-state index in [9.17, 15) is 26.4 Å². The van der Waals surface area contributed by atoms with Gasteiger partial charge in [-0.3, -0.25) is 0 Å². The maximum Gasteiger partial charge on any atom is 0.573 e. The number of carbonyl (C=O) groups excluding carboxylic acids is 1. The Kier molecular flexibility index (Phi) is 4.43. The Morgan fingerprint density at radius 3 is 2.47 bits per heavy atom. The first-order chi connectivity index (χ1) is 8.56. The van der Waals surface area contributed by atoms with Crippen molar-refractivity contribution in [1.29, 1.82) is 0 Å². The van der Waals surface area contributed by atoms with Crippen LogP contribution in [0.4, 0.5) is 13.2 Å². The summed E-state index contributed by atoms with van der Waals surface area (Å²) >= 11 is 0.433. The van der Waals surface area contributed by atoms with Crippen molar-refractivity contribution in [2.75, 3.05) is 6.61 Å². The number of nitrogens with two attached hydrogens (primary N) is 1. The summed E-state index contributed by atoms with van der Waals surface area (Å²) in [5.41, 5.74) is 0. The van der Waals surface area contributed by atoms with Crippen LogP contribution in [-0.4, -0.2) is 27.4 Å². The Morgan fingerprint density at radius 1 is 1.47 bits per heavy atom. The number of ether oxygens (including phenoxy) is 2. The van der Waals surface area contributed by atoms with Crippen molar-refractivity contribution in [3.05, 3.63) is 10.3 Å². The van der Waals surface area contributed by atoms with Crippen molar-refractivity contribution in [2.45, 2.75) is 18.2 Å². The summed E-state index contributed by atoms with van der Waals surface area (Å²) in [5.74, 6) is -2.14. The number of rotatable bonds is 4. The molecule has 0 amide bonds. The minimum Gasteiger partial charge on any atom is -0.462 e. The van der Waals surface area contributed by atoms with E-state index in [1.807, 2.05) is 0 Å². The van der Waals surface area contributed by atoms with E-state index in [2.05, 4.69) is 9.47 Å². The van der Waals surface area contributed by atoms with Crippen molar-refractivity contribution < 1.29 is 35.9 Å². The predicted octanol–water partition coefficient (Wildman–Crippen LogP) is 1.47. The molecule has 0 aliphatic carbocycles. The highest BCUT2D eigenvalue weighted by molar-refractivity contribution is 7.89. The van der Waals surface area contributed by atoms with Crippen molar-refractivity contribution >= 4 is 27.3 Å². The molecule has 11 heteroatoms. The molecular weight excluding hydrogens is 311 g/mol. The van der Waals surface area contributed by atoms with Crippen LogP contribution in [0.3, 0.4) is 0 Å². The monoisotopic (exact) mass is 319 g/mol. The Labute approximate surface area is 110 Å². The fraction of sp³-hybridized carbons (Fsp3) is 0.375. The number of hydrogen-bond donors (Lipinski definition) is 1. The van der Waals surface area contributed by atoms with Gasteiger partial charge in [0.05, 0.1) is 6.61 Å². The number of carbonyl (C=O) groups is 1. The van der Waals surface area contributed by atoms with Gasteiger partial charge in [0, 0.05) is 5.38 Å². The van der Waals surface area contributed by atoms with E-state index in [0.717, 1.165) is 5.38 Å². The fourth-order valence-corrected chi connectivity index (χ4v) is 3.18. The molecule has 0 aliphatic rings. The number of halogens is 3. The predicted molar refractivity (Wildman–Crippen MR) is 58.3 cm³/mol. The average Bonchev–Trinajstić information content (AvgIpc) is 2.58. The minimum absolute atomic E-state index is 0.0732. The molecule has 19 heavy (non-hydrogen) atoms. The Bertz CT molecular complexity index is 578. The van der Waals surface area contributed by atoms with Gasteiger partial charge in [-0.1, -0.05) is 0 Å². The summed E-state index contributed by atoms with van der Waals surface area (Å²) in [4.78, 5) is 9.82. The van der Waals surface area contributed by atoms with E-state index in [1.165, 1.54) is 6.92 Å². The van der Waals surface area contributed by atoms with Crippen molar-refractivity contribution in [3.8, 4) is 5.75 Å². The molecule has 1 aromatic rings. The first-order valence-corrected chi connectivity index (χ1v) is 7.06. The number of sulfonamides is 1. The second-order valence-electron chi connectivity index (χ2n) is 3.07. The van der Waals surface area contributed by atoms with Crippen LogP contribution in [0.5, 0.6) is 5.75 Å². The molecule has 0 aliphatic heterocycles. The summed E-state index contributed by atoms with van der Waals surface area (Å²) < 4.78 is 66.8. The lowest BCUT2D eigenvalue weighted by atomic mass is 10.4. The molecule has 0 bridgehead atoms. The summed E-state index contributed by atoms with van der Waals surface area (Å²) in [7, 11) is -4.57. The number of alkyl halides is 3. The van der Waals surface area contributed by atoms with Crippen molar-refractivity contribution in [2.24, 2.45) is 5.14 Å². The van der Waals surface area contributed by atoms with Crippen LogP contribution >= 0.6 is 11.3 Å². The van der Waals surface area contributed by atoms with Gasteiger partial charge in [0.25, 0.3) is 0 Å². The van der Waals surface area contributed by atoms with Crippen LogP contribution in [-0.2, 0) is 14.8 Å². The Balaban J connectivity index is 3.33. The summed E-state index contributed by atoms with van der Waals surface area (Å²) in [6.07, 6.45) is -5.10. The Morgan fingerprint density at radius 2 is 2.05 bits per heavy atom. The minimum atomic E-state index is -5.10. The molecule has 2 N–H and O–H groups in total. The molecule has 1 rings (SSSR count). The molecule has 1 aromatic heterocycles.